The Bertz CT molecular complexity index is 562. The van der Waals surface area contributed by atoms with Gasteiger partial charge in [-0.3, -0.25) is 9.59 Å². The maximum absolute atomic E-state index is 11.5. The Hall–Kier alpha value is -1.06. The zero-order valence-electron chi connectivity index (χ0n) is 31.1. The predicted molar refractivity (Wildman–Crippen MR) is 197 cm³/mol. The summed E-state index contributed by atoms with van der Waals surface area (Å²) in [5, 5.41) is 8.52. The highest BCUT2D eigenvalue weighted by atomic mass is 16.5. The topological polar surface area (TPSA) is 63.6 Å². The Kier molecular flexibility index (Phi) is 44.0. The van der Waals surface area contributed by atoms with Gasteiger partial charge in [-0.25, -0.2) is 0 Å². The average Bonchev–Trinajstić information content (AvgIpc) is 3.03. The van der Waals surface area contributed by atoms with E-state index in [0.717, 1.165) is 32.1 Å². The van der Waals surface area contributed by atoms with Crippen LogP contribution in [0, 0.1) is 0 Å². The highest BCUT2D eigenvalue weighted by molar-refractivity contribution is 5.69. The molecule has 4 heteroatoms. The van der Waals surface area contributed by atoms with Crippen molar-refractivity contribution in [1.82, 2.24) is 0 Å². The third-order valence-electron chi connectivity index (χ3n) is 8.99. The number of carbonyl (C=O) groups excluding carboxylic acids is 1. The zero-order valence-corrected chi connectivity index (χ0v) is 31.1. The number of aliphatic carboxylic acids is 1. The molecule has 0 aromatic rings. The van der Waals surface area contributed by atoms with E-state index in [4.69, 9.17) is 9.84 Å². The van der Waals surface area contributed by atoms with Gasteiger partial charge in [0.2, 0.25) is 0 Å². The fourth-order valence-corrected chi connectivity index (χ4v) is 5.90. The number of unbranched alkanes of at least 4 members (excludes halogenated alkanes) is 30. The molecule has 0 bridgehead atoms. The molecule has 0 aliphatic heterocycles. The zero-order chi connectivity index (χ0) is 33.3. The molecule has 0 spiro atoms. The van der Waals surface area contributed by atoms with Crippen LogP contribution in [0.25, 0.3) is 0 Å². The monoisotopic (exact) mass is 639 g/mol. The molecular formula is C41H82O4. The minimum atomic E-state index is -0.653. The molecule has 0 aliphatic rings. The first kappa shape index (κ1) is 46.1. The molecule has 270 valence electrons. The normalized spacial score (nSPS) is 10.9. The molecule has 0 amide bonds. The van der Waals surface area contributed by atoms with Crippen LogP contribution in [0.1, 0.15) is 245 Å². The fraction of sp³-hybridized carbons (Fsp3) is 0.951. The van der Waals surface area contributed by atoms with Crippen molar-refractivity contribution in [3.63, 3.8) is 0 Å². The first-order chi connectivity index (χ1) is 22.1. The summed E-state index contributed by atoms with van der Waals surface area (Å²) in [5.41, 5.74) is 0. The van der Waals surface area contributed by atoms with E-state index in [1.165, 1.54) is 180 Å². The number of ether oxygens (including phenoxy) is 1. The molecule has 0 atom stereocenters. The van der Waals surface area contributed by atoms with Gasteiger partial charge in [0, 0.05) is 12.8 Å². The molecule has 0 rings (SSSR count). The highest BCUT2D eigenvalue weighted by Gasteiger charge is 2.02. The van der Waals surface area contributed by atoms with Gasteiger partial charge in [0.25, 0.3) is 0 Å². The minimum Gasteiger partial charge on any atom is -0.481 e. The molecule has 0 heterocycles. The van der Waals surface area contributed by atoms with Gasteiger partial charge in [-0.15, -0.1) is 0 Å². The first-order valence-corrected chi connectivity index (χ1v) is 20.5. The summed E-state index contributed by atoms with van der Waals surface area (Å²) in [4.78, 5) is 21.9. The largest absolute Gasteiger partial charge is 0.481 e. The summed E-state index contributed by atoms with van der Waals surface area (Å²) in [6, 6.07) is 0. The van der Waals surface area contributed by atoms with Gasteiger partial charge < -0.3 is 9.84 Å². The Labute approximate surface area is 283 Å². The third kappa shape index (κ3) is 47.5. The van der Waals surface area contributed by atoms with E-state index in [-0.39, 0.29) is 5.97 Å². The van der Waals surface area contributed by atoms with E-state index >= 15 is 0 Å². The number of carboxylic acids is 1. The summed E-state index contributed by atoms with van der Waals surface area (Å²) in [5.74, 6) is -0.648. The smallest absolute Gasteiger partial charge is 0.305 e. The predicted octanol–water partition coefficient (Wildman–Crippen LogP) is 14.3. The van der Waals surface area contributed by atoms with Crippen molar-refractivity contribution >= 4 is 11.9 Å². The van der Waals surface area contributed by atoms with Crippen molar-refractivity contribution in [2.24, 2.45) is 0 Å². The fourth-order valence-electron chi connectivity index (χ4n) is 5.90. The maximum Gasteiger partial charge on any atom is 0.305 e. The summed E-state index contributed by atoms with van der Waals surface area (Å²) in [6.45, 7) is 7.33. The standard InChI is InChI=1S/C23H46O2.C18H36O2/c1-3-5-7-8-9-10-11-12-13-14-15-16-17-18-19-21-23(24)25-22-20-6-4-2;1-2-3-4-5-6-7-8-9-10-11-12-13-14-15-16-17-18(19)20/h3-22H2,1-2H3;2-17H2,1H3,(H,19,20). The molecule has 0 fully saturated rings. The van der Waals surface area contributed by atoms with Crippen LogP contribution in [0.15, 0.2) is 0 Å². The number of esters is 1. The lowest BCUT2D eigenvalue weighted by Gasteiger charge is -2.05. The van der Waals surface area contributed by atoms with Crippen LogP contribution in [0.5, 0.6) is 0 Å². The Morgan fingerprint density at radius 3 is 0.889 bits per heavy atom. The molecule has 0 saturated heterocycles. The van der Waals surface area contributed by atoms with Gasteiger partial charge in [0.1, 0.15) is 0 Å². The van der Waals surface area contributed by atoms with E-state index in [1.54, 1.807) is 0 Å². The van der Waals surface area contributed by atoms with E-state index in [0.29, 0.717) is 19.4 Å². The first-order valence-electron chi connectivity index (χ1n) is 20.5. The van der Waals surface area contributed by atoms with Crippen LogP contribution in [-0.4, -0.2) is 23.7 Å². The van der Waals surface area contributed by atoms with Crippen molar-refractivity contribution in [1.29, 1.82) is 0 Å². The molecule has 0 saturated carbocycles. The van der Waals surface area contributed by atoms with Crippen molar-refractivity contribution in [3.05, 3.63) is 0 Å². The number of carboxylic acid groups (broad SMARTS) is 1. The number of hydrogen-bond donors (Lipinski definition) is 1. The van der Waals surface area contributed by atoms with Gasteiger partial charge in [0.05, 0.1) is 6.61 Å². The van der Waals surface area contributed by atoms with Crippen molar-refractivity contribution in [2.45, 2.75) is 245 Å². The molecule has 0 radical (unpaired) electrons. The number of hydrogen-bond acceptors (Lipinski definition) is 3. The van der Waals surface area contributed by atoms with Crippen LogP contribution >= 0.6 is 0 Å². The molecule has 0 aromatic carbocycles. The summed E-state index contributed by atoms with van der Waals surface area (Å²) in [7, 11) is 0. The lowest BCUT2D eigenvalue weighted by atomic mass is 10.0. The average molecular weight is 639 g/mol. The minimum absolute atomic E-state index is 0.00537. The van der Waals surface area contributed by atoms with Crippen molar-refractivity contribution in [3.8, 4) is 0 Å². The van der Waals surface area contributed by atoms with Gasteiger partial charge >= 0.3 is 11.9 Å². The van der Waals surface area contributed by atoms with Crippen molar-refractivity contribution in [2.75, 3.05) is 6.61 Å². The highest BCUT2D eigenvalue weighted by Crippen LogP contribution is 2.15. The number of carbonyl (C=O) groups is 2. The van der Waals surface area contributed by atoms with E-state index in [9.17, 15) is 9.59 Å². The van der Waals surface area contributed by atoms with Gasteiger partial charge in [-0.05, 0) is 19.3 Å². The van der Waals surface area contributed by atoms with E-state index < -0.39 is 5.97 Å². The molecule has 45 heavy (non-hydrogen) atoms. The van der Waals surface area contributed by atoms with E-state index in [1.807, 2.05) is 0 Å². The second kappa shape index (κ2) is 42.9. The summed E-state index contributed by atoms with van der Waals surface area (Å²) in [6.07, 6.45) is 44.6. The Balaban J connectivity index is 0. The summed E-state index contributed by atoms with van der Waals surface area (Å²) >= 11 is 0. The SMILES string of the molecule is CCCCCCCCCCCCCCCCCC(=O)O.CCCCCCCCCCCCCCCCCC(=O)OCCCCC. The van der Waals surface area contributed by atoms with Gasteiger partial charge in [-0.1, -0.05) is 213 Å². The molecule has 0 aliphatic carbocycles. The third-order valence-corrected chi connectivity index (χ3v) is 8.99. The quantitative estimate of drug-likeness (QED) is 0.0548. The van der Waals surface area contributed by atoms with Crippen LogP contribution in [-0.2, 0) is 14.3 Å². The maximum atomic E-state index is 11.5. The molecule has 1 N–H and O–H groups in total. The molecule has 0 aromatic heterocycles. The molecule has 4 nitrogen and oxygen atoms in total. The second-order valence-corrected chi connectivity index (χ2v) is 13.7. The Morgan fingerprint density at radius 1 is 0.356 bits per heavy atom. The molecule has 0 unspecified atom stereocenters. The summed E-state index contributed by atoms with van der Waals surface area (Å²) < 4.78 is 5.22. The van der Waals surface area contributed by atoms with E-state index in [2.05, 4.69) is 20.8 Å². The van der Waals surface area contributed by atoms with Gasteiger partial charge in [-0.2, -0.15) is 0 Å². The number of rotatable bonds is 36. The lowest BCUT2D eigenvalue weighted by Crippen LogP contribution is -2.05. The van der Waals surface area contributed by atoms with Crippen molar-refractivity contribution < 1.29 is 19.4 Å². The van der Waals surface area contributed by atoms with Gasteiger partial charge in [0.15, 0.2) is 0 Å². The Morgan fingerprint density at radius 2 is 0.600 bits per heavy atom. The van der Waals surface area contributed by atoms with Crippen LogP contribution in [0.4, 0.5) is 0 Å². The second-order valence-electron chi connectivity index (χ2n) is 13.7. The van der Waals surface area contributed by atoms with Crippen LogP contribution < -0.4 is 0 Å². The van der Waals surface area contributed by atoms with Crippen LogP contribution in [0.2, 0.25) is 0 Å². The van der Waals surface area contributed by atoms with Crippen LogP contribution in [0.3, 0.4) is 0 Å². The molecular weight excluding hydrogens is 556 g/mol. The lowest BCUT2D eigenvalue weighted by molar-refractivity contribution is -0.144.